The first-order valence-electron chi connectivity index (χ1n) is 9.67. The van der Waals surface area contributed by atoms with Gasteiger partial charge >= 0.3 is 0 Å². The van der Waals surface area contributed by atoms with Crippen LogP contribution < -0.4 is 10.6 Å². The van der Waals surface area contributed by atoms with Gasteiger partial charge in [0.05, 0.1) is 13.1 Å². The van der Waals surface area contributed by atoms with Gasteiger partial charge in [-0.05, 0) is 47.2 Å². The molecule has 1 aromatic rings. The molecule has 0 aliphatic carbocycles. The molecule has 6 heteroatoms. The fraction of sp³-hybridized carbons (Fsp3) is 0.619. The molecule has 0 saturated heterocycles. The van der Waals surface area contributed by atoms with E-state index in [1.165, 1.54) is 5.56 Å². The van der Waals surface area contributed by atoms with Crippen LogP contribution in [0.1, 0.15) is 40.2 Å². The smallest absolute Gasteiger partial charge is 0.240 e. The first-order valence-corrected chi connectivity index (χ1v) is 9.67. The maximum Gasteiger partial charge on any atom is 0.240 e. The van der Waals surface area contributed by atoms with Gasteiger partial charge < -0.3 is 15.5 Å². The monoisotopic (exact) mass is 375 g/mol. The van der Waals surface area contributed by atoms with Crippen molar-refractivity contribution in [2.75, 3.05) is 33.7 Å². The summed E-state index contributed by atoms with van der Waals surface area (Å²) in [5.41, 5.74) is 1.06. The summed E-state index contributed by atoms with van der Waals surface area (Å²) in [5, 5.41) is 6.26. The Hall–Kier alpha value is -2.08. The maximum absolute atomic E-state index is 12.2. The molecule has 0 aromatic heterocycles. The third-order valence-corrected chi connectivity index (χ3v) is 4.12. The number of carbonyl (C=O) groups excluding carboxylic acids is 1. The minimum absolute atomic E-state index is 0.00940. The highest BCUT2D eigenvalue weighted by Gasteiger charge is 2.17. The van der Waals surface area contributed by atoms with Crippen molar-refractivity contribution in [3.63, 3.8) is 0 Å². The summed E-state index contributed by atoms with van der Waals surface area (Å²) in [6.45, 7) is 12.7. The third kappa shape index (κ3) is 9.43. The number of hydrogen-bond acceptors (Lipinski definition) is 3. The second-order valence-corrected chi connectivity index (χ2v) is 8.10. The van der Waals surface area contributed by atoms with Crippen LogP contribution in [-0.2, 0) is 11.3 Å². The number of aliphatic imine (C=N–C) groups is 1. The van der Waals surface area contributed by atoms with Crippen molar-refractivity contribution in [3.8, 4) is 0 Å². The summed E-state index contributed by atoms with van der Waals surface area (Å²) >= 11 is 0. The highest BCUT2D eigenvalue weighted by atomic mass is 16.2. The molecule has 27 heavy (non-hydrogen) atoms. The zero-order valence-electron chi connectivity index (χ0n) is 18.0. The van der Waals surface area contributed by atoms with Gasteiger partial charge in [-0.15, -0.1) is 0 Å². The van der Waals surface area contributed by atoms with Gasteiger partial charge in [-0.25, -0.2) is 0 Å². The number of nitrogens with one attached hydrogen (secondary N) is 2. The van der Waals surface area contributed by atoms with Crippen molar-refractivity contribution >= 4 is 11.9 Å². The summed E-state index contributed by atoms with van der Waals surface area (Å²) in [7, 11) is 4.00. The average molecular weight is 376 g/mol. The number of amides is 1. The fourth-order valence-corrected chi connectivity index (χ4v) is 2.60. The lowest BCUT2D eigenvalue weighted by atomic mass is 10.1. The largest absolute Gasteiger partial charge is 0.357 e. The molecule has 1 amide bonds. The van der Waals surface area contributed by atoms with E-state index in [2.05, 4.69) is 53.8 Å². The number of hydrogen-bond donors (Lipinski definition) is 2. The van der Waals surface area contributed by atoms with Crippen LogP contribution in [0.5, 0.6) is 0 Å². The first kappa shape index (κ1) is 23.0. The summed E-state index contributed by atoms with van der Waals surface area (Å²) in [5.74, 6) is 0.742. The van der Waals surface area contributed by atoms with Crippen molar-refractivity contribution in [3.05, 3.63) is 35.9 Å². The van der Waals surface area contributed by atoms with E-state index in [0.717, 1.165) is 19.0 Å². The molecule has 152 valence electrons. The van der Waals surface area contributed by atoms with Gasteiger partial charge in [0.2, 0.25) is 5.91 Å². The van der Waals surface area contributed by atoms with Gasteiger partial charge in [0.1, 0.15) is 0 Å². The molecule has 0 radical (unpaired) electrons. The van der Waals surface area contributed by atoms with E-state index in [9.17, 15) is 4.79 Å². The number of guanidine groups is 1. The summed E-state index contributed by atoms with van der Waals surface area (Å²) in [4.78, 5) is 21.1. The first-order chi connectivity index (χ1) is 12.6. The van der Waals surface area contributed by atoms with Crippen LogP contribution in [0, 0.1) is 0 Å². The third-order valence-electron chi connectivity index (χ3n) is 4.12. The summed E-state index contributed by atoms with van der Waals surface area (Å²) in [6, 6.07) is 10.7. The number of likely N-dealkylation sites (N-methyl/N-ethyl adjacent to an activating group) is 2. The number of benzene rings is 1. The van der Waals surface area contributed by atoms with E-state index < -0.39 is 0 Å². The van der Waals surface area contributed by atoms with Crippen LogP contribution in [0.4, 0.5) is 0 Å². The topological polar surface area (TPSA) is 60.0 Å². The minimum Gasteiger partial charge on any atom is -0.357 e. The van der Waals surface area contributed by atoms with E-state index in [-0.39, 0.29) is 24.0 Å². The van der Waals surface area contributed by atoms with Crippen molar-refractivity contribution in [2.24, 2.45) is 4.99 Å². The zero-order valence-corrected chi connectivity index (χ0v) is 18.0. The van der Waals surface area contributed by atoms with Gasteiger partial charge in [0, 0.05) is 31.7 Å². The van der Waals surface area contributed by atoms with Crippen LogP contribution in [0.2, 0.25) is 0 Å². The highest BCUT2D eigenvalue weighted by molar-refractivity contribution is 5.86. The van der Waals surface area contributed by atoms with Crippen LogP contribution in [0.15, 0.2) is 35.3 Å². The Morgan fingerprint density at radius 3 is 2.37 bits per heavy atom. The molecule has 2 N–H and O–H groups in total. The van der Waals surface area contributed by atoms with Gasteiger partial charge in [-0.3, -0.25) is 14.7 Å². The Balaban J connectivity index is 2.64. The number of nitrogens with zero attached hydrogens (tertiary/aromatic N) is 3. The van der Waals surface area contributed by atoms with E-state index in [1.54, 1.807) is 0 Å². The summed E-state index contributed by atoms with van der Waals surface area (Å²) in [6.07, 6.45) is 0. The molecule has 1 rings (SSSR count). The second-order valence-electron chi connectivity index (χ2n) is 8.10. The van der Waals surface area contributed by atoms with Crippen molar-refractivity contribution in [1.82, 2.24) is 20.4 Å². The number of carbonyl (C=O) groups is 1. The van der Waals surface area contributed by atoms with Crippen LogP contribution >= 0.6 is 0 Å². The molecule has 1 unspecified atom stereocenters. The fourth-order valence-electron chi connectivity index (χ4n) is 2.60. The molecular formula is C21H37N5O. The van der Waals surface area contributed by atoms with Crippen LogP contribution in [0.3, 0.4) is 0 Å². The van der Waals surface area contributed by atoms with Gasteiger partial charge in [0.15, 0.2) is 5.96 Å². The van der Waals surface area contributed by atoms with E-state index in [1.807, 2.05) is 45.7 Å². The maximum atomic E-state index is 12.2. The van der Waals surface area contributed by atoms with E-state index in [0.29, 0.717) is 6.54 Å². The van der Waals surface area contributed by atoms with Gasteiger partial charge in [-0.1, -0.05) is 30.3 Å². The standard InChI is InChI=1S/C21H37N5O/c1-8-22-20(26(7)16-19(27)24-21(3,4)5)23-14-17(2)25(6)15-18-12-10-9-11-13-18/h9-13,17H,8,14-16H2,1-7H3,(H,22,23)(H,24,27). The van der Waals surface area contributed by atoms with Gasteiger partial charge in [-0.2, -0.15) is 0 Å². The van der Waals surface area contributed by atoms with Crippen molar-refractivity contribution < 1.29 is 4.79 Å². The lowest BCUT2D eigenvalue weighted by molar-refractivity contribution is -0.122. The Labute approximate surface area is 165 Å². The lowest BCUT2D eigenvalue weighted by Crippen LogP contribution is -2.49. The Morgan fingerprint density at radius 1 is 1.19 bits per heavy atom. The van der Waals surface area contributed by atoms with Crippen molar-refractivity contribution in [1.29, 1.82) is 0 Å². The zero-order chi connectivity index (χ0) is 20.4. The minimum atomic E-state index is -0.234. The van der Waals surface area contributed by atoms with Crippen LogP contribution in [0.25, 0.3) is 0 Å². The number of rotatable bonds is 8. The molecule has 6 nitrogen and oxygen atoms in total. The molecular weight excluding hydrogens is 338 g/mol. The molecule has 0 aliphatic heterocycles. The lowest BCUT2D eigenvalue weighted by Gasteiger charge is -2.27. The highest BCUT2D eigenvalue weighted by Crippen LogP contribution is 2.06. The Kier molecular flexibility index (Phi) is 9.29. The van der Waals surface area contributed by atoms with E-state index in [4.69, 9.17) is 4.99 Å². The molecule has 1 atom stereocenters. The van der Waals surface area contributed by atoms with Gasteiger partial charge in [0.25, 0.3) is 0 Å². The normalized spacial score (nSPS) is 13.4. The quantitative estimate of drug-likeness (QED) is 0.541. The van der Waals surface area contributed by atoms with Crippen molar-refractivity contribution in [2.45, 2.75) is 52.7 Å². The van der Waals surface area contributed by atoms with E-state index >= 15 is 0 Å². The predicted molar refractivity (Wildman–Crippen MR) is 114 cm³/mol. The molecule has 0 saturated carbocycles. The molecule has 0 spiro atoms. The molecule has 0 heterocycles. The molecule has 0 fully saturated rings. The predicted octanol–water partition coefficient (Wildman–Crippen LogP) is 2.32. The molecule has 1 aromatic carbocycles. The molecule has 0 bridgehead atoms. The Bertz CT molecular complexity index is 594. The summed E-state index contributed by atoms with van der Waals surface area (Å²) < 4.78 is 0. The Morgan fingerprint density at radius 2 is 1.81 bits per heavy atom. The average Bonchev–Trinajstić information content (AvgIpc) is 2.57. The van der Waals surface area contributed by atoms with Crippen LogP contribution in [-0.4, -0.2) is 67.0 Å². The molecule has 0 aliphatic rings. The SMILES string of the molecule is CCNC(=NCC(C)N(C)Cc1ccccc1)N(C)CC(=O)NC(C)(C)C. The second kappa shape index (κ2) is 10.9.